The minimum absolute atomic E-state index is 0. The van der Waals surface area contributed by atoms with Crippen LogP contribution in [-0.2, 0) is 0 Å². The molecule has 0 aliphatic heterocycles. The van der Waals surface area contributed by atoms with Crippen molar-refractivity contribution in [3.63, 3.8) is 0 Å². The van der Waals surface area contributed by atoms with Crippen LogP contribution in [0.4, 0.5) is 5.69 Å². The van der Waals surface area contributed by atoms with E-state index < -0.39 is 0 Å². The maximum absolute atomic E-state index is 11.6. The predicted octanol–water partition coefficient (Wildman–Crippen LogP) is 2.67. The van der Waals surface area contributed by atoms with Gasteiger partial charge in [0, 0.05) is 12.2 Å². The van der Waals surface area contributed by atoms with E-state index in [-0.39, 0.29) is 35.6 Å². The van der Waals surface area contributed by atoms with Gasteiger partial charge >= 0.3 is 0 Å². The summed E-state index contributed by atoms with van der Waals surface area (Å²) in [7, 11) is 0. The summed E-state index contributed by atoms with van der Waals surface area (Å²) < 4.78 is 4.99. The third-order valence-electron chi connectivity index (χ3n) is 3.20. The van der Waals surface area contributed by atoms with Crippen molar-refractivity contribution in [1.29, 1.82) is 0 Å². The summed E-state index contributed by atoms with van der Waals surface area (Å²) in [5.41, 5.74) is 9.11. The Hall–Kier alpha value is -2.03. The summed E-state index contributed by atoms with van der Waals surface area (Å²) in [5.74, 6) is 0.335. The number of aryl methyl sites for hydroxylation is 2. The van der Waals surface area contributed by atoms with Gasteiger partial charge in [-0.1, -0.05) is 6.07 Å². The van der Waals surface area contributed by atoms with Gasteiger partial charge in [0.15, 0.2) is 11.7 Å². The van der Waals surface area contributed by atoms with Crippen molar-refractivity contribution in [2.75, 3.05) is 18.4 Å². The van der Waals surface area contributed by atoms with E-state index in [1.54, 1.807) is 12.1 Å². The van der Waals surface area contributed by atoms with Gasteiger partial charge in [-0.3, -0.25) is 9.79 Å². The molecule has 0 unspecified atom stereocenters. The number of carbonyl (C=O) groups is 1. The van der Waals surface area contributed by atoms with Gasteiger partial charge in [0.05, 0.1) is 12.8 Å². The van der Waals surface area contributed by atoms with Gasteiger partial charge < -0.3 is 20.8 Å². The molecule has 2 rings (SSSR count). The maximum Gasteiger partial charge on any atom is 0.287 e. The SMILES string of the molecule is Cc1ccc(NC(N)=NCCNC(=O)c2ccco2)cc1C.I. The third-order valence-corrected chi connectivity index (χ3v) is 3.20. The zero-order chi connectivity index (χ0) is 15.9. The van der Waals surface area contributed by atoms with Crippen LogP contribution >= 0.6 is 24.0 Å². The first-order chi connectivity index (χ1) is 10.6. The number of halogens is 1. The highest BCUT2D eigenvalue weighted by Gasteiger charge is 2.06. The Bertz CT molecular complexity index is 669. The fraction of sp³-hybridized carbons (Fsp3) is 0.250. The standard InChI is InChI=1S/C16H20N4O2.HI/c1-11-5-6-13(10-12(11)2)20-16(17)19-8-7-18-15(21)14-4-3-9-22-14;/h3-6,9-10H,7-8H2,1-2H3,(H,18,21)(H3,17,19,20);1H. The smallest absolute Gasteiger partial charge is 0.287 e. The Kier molecular flexibility index (Phi) is 7.60. The number of carbonyl (C=O) groups excluding carboxylic acids is 1. The number of aliphatic imine (C=N–C) groups is 1. The summed E-state index contributed by atoms with van der Waals surface area (Å²) in [4.78, 5) is 15.8. The lowest BCUT2D eigenvalue weighted by Crippen LogP contribution is -2.28. The van der Waals surface area contributed by atoms with Crippen molar-refractivity contribution in [1.82, 2.24) is 5.32 Å². The second-order valence-corrected chi connectivity index (χ2v) is 4.92. The normalized spacial score (nSPS) is 10.8. The molecule has 0 spiro atoms. The molecule has 0 fully saturated rings. The molecule has 23 heavy (non-hydrogen) atoms. The van der Waals surface area contributed by atoms with Gasteiger partial charge in [0.1, 0.15) is 0 Å². The Balaban J connectivity index is 0.00000264. The van der Waals surface area contributed by atoms with Crippen molar-refractivity contribution in [3.8, 4) is 0 Å². The fourth-order valence-electron chi connectivity index (χ4n) is 1.85. The number of hydrogen-bond acceptors (Lipinski definition) is 3. The first-order valence-electron chi connectivity index (χ1n) is 7.02. The molecule has 1 aromatic heterocycles. The van der Waals surface area contributed by atoms with Gasteiger partial charge in [0.25, 0.3) is 5.91 Å². The monoisotopic (exact) mass is 428 g/mol. The molecule has 0 aliphatic rings. The van der Waals surface area contributed by atoms with E-state index in [4.69, 9.17) is 10.2 Å². The van der Waals surface area contributed by atoms with Crippen LogP contribution in [0.5, 0.6) is 0 Å². The van der Waals surface area contributed by atoms with Crippen LogP contribution in [0.25, 0.3) is 0 Å². The number of amides is 1. The lowest BCUT2D eigenvalue weighted by molar-refractivity contribution is 0.0927. The lowest BCUT2D eigenvalue weighted by atomic mass is 10.1. The summed E-state index contributed by atoms with van der Waals surface area (Å²) in [6.45, 7) is 4.86. The molecule has 0 aliphatic carbocycles. The number of nitrogens with two attached hydrogens (primary N) is 1. The second kappa shape index (κ2) is 9.19. The summed E-state index contributed by atoms with van der Waals surface area (Å²) in [6.07, 6.45) is 1.46. The van der Waals surface area contributed by atoms with Gasteiger partial charge in [-0.25, -0.2) is 0 Å². The van der Waals surface area contributed by atoms with Crippen molar-refractivity contribution < 1.29 is 9.21 Å². The van der Waals surface area contributed by atoms with Crippen LogP contribution in [0.3, 0.4) is 0 Å². The molecule has 6 nitrogen and oxygen atoms in total. The maximum atomic E-state index is 11.6. The van der Waals surface area contributed by atoms with Gasteiger partial charge in [-0.15, -0.1) is 24.0 Å². The van der Waals surface area contributed by atoms with Crippen LogP contribution in [-0.4, -0.2) is 25.0 Å². The molecule has 7 heteroatoms. The number of hydrogen-bond donors (Lipinski definition) is 3. The fourth-order valence-corrected chi connectivity index (χ4v) is 1.85. The van der Waals surface area contributed by atoms with Crippen LogP contribution < -0.4 is 16.4 Å². The lowest BCUT2D eigenvalue weighted by Gasteiger charge is -2.08. The van der Waals surface area contributed by atoms with Gasteiger partial charge in [-0.05, 0) is 49.2 Å². The minimum Gasteiger partial charge on any atom is -0.459 e. The number of nitrogens with zero attached hydrogens (tertiary/aromatic N) is 1. The third kappa shape index (κ3) is 5.93. The molecule has 1 amide bonds. The molecular formula is C16H21IN4O2. The molecule has 1 heterocycles. The number of guanidine groups is 1. The van der Waals surface area contributed by atoms with E-state index >= 15 is 0 Å². The average molecular weight is 428 g/mol. The Morgan fingerprint density at radius 1 is 1.26 bits per heavy atom. The van der Waals surface area contributed by atoms with Crippen LogP contribution in [0.1, 0.15) is 21.7 Å². The predicted molar refractivity (Wildman–Crippen MR) is 102 cm³/mol. The molecule has 1 aromatic carbocycles. The van der Waals surface area contributed by atoms with Crippen molar-refractivity contribution in [3.05, 3.63) is 53.5 Å². The van der Waals surface area contributed by atoms with E-state index in [1.807, 2.05) is 25.1 Å². The number of anilines is 1. The van der Waals surface area contributed by atoms with Crippen LogP contribution in [0.15, 0.2) is 46.0 Å². The zero-order valence-corrected chi connectivity index (χ0v) is 15.5. The number of benzene rings is 1. The largest absolute Gasteiger partial charge is 0.459 e. The van der Waals surface area contributed by atoms with E-state index in [1.165, 1.54) is 17.4 Å². The number of furan rings is 1. The topological polar surface area (TPSA) is 92.6 Å². The molecule has 0 saturated heterocycles. The molecule has 124 valence electrons. The van der Waals surface area contributed by atoms with Crippen LogP contribution in [0.2, 0.25) is 0 Å². The molecule has 4 N–H and O–H groups in total. The first-order valence-corrected chi connectivity index (χ1v) is 7.02. The molecule has 0 atom stereocenters. The highest BCUT2D eigenvalue weighted by atomic mass is 127. The Morgan fingerprint density at radius 3 is 2.70 bits per heavy atom. The quantitative estimate of drug-likeness (QED) is 0.296. The van der Waals surface area contributed by atoms with E-state index in [2.05, 4.69) is 22.5 Å². The summed E-state index contributed by atoms with van der Waals surface area (Å²) in [6, 6.07) is 9.25. The van der Waals surface area contributed by atoms with Crippen molar-refractivity contribution in [2.24, 2.45) is 10.7 Å². The Labute approximate surface area is 152 Å². The number of rotatable bonds is 5. The highest BCUT2D eigenvalue weighted by molar-refractivity contribution is 14.0. The second-order valence-electron chi connectivity index (χ2n) is 4.92. The number of nitrogens with one attached hydrogen (secondary N) is 2. The molecule has 2 aromatic rings. The summed E-state index contributed by atoms with van der Waals surface area (Å²) >= 11 is 0. The van der Waals surface area contributed by atoms with Gasteiger partial charge in [0.2, 0.25) is 0 Å². The molecule has 0 bridgehead atoms. The van der Waals surface area contributed by atoms with E-state index in [0.29, 0.717) is 19.0 Å². The summed E-state index contributed by atoms with van der Waals surface area (Å²) in [5, 5.41) is 5.72. The van der Waals surface area contributed by atoms with Gasteiger partial charge in [-0.2, -0.15) is 0 Å². The average Bonchev–Trinajstić information content (AvgIpc) is 3.01. The molecule has 0 saturated carbocycles. The van der Waals surface area contributed by atoms with E-state index in [9.17, 15) is 4.79 Å². The van der Waals surface area contributed by atoms with Crippen LogP contribution in [0, 0.1) is 13.8 Å². The van der Waals surface area contributed by atoms with Crippen molar-refractivity contribution in [2.45, 2.75) is 13.8 Å². The first kappa shape index (κ1) is 19.0. The Morgan fingerprint density at radius 2 is 2.04 bits per heavy atom. The zero-order valence-electron chi connectivity index (χ0n) is 13.1. The molecule has 0 radical (unpaired) electrons. The minimum atomic E-state index is -0.263. The molecular weight excluding hydrogens is 407 g/mol. The van der Waals surface area contributed by atoms with E-state index in [0.717, 1.165) is 5.69 Å². The highest BCUT2D eigenvalue weighted by Crippen LogP contribution is 2.13. The van der Waals surface area contributed by atoms with Crippen molar-refractivity contribution >= 4 is 41.5 Å².